The summed E-state index contributed by atoms with van der Waals surface area (Å²) >= 11 is 0. The van der Waals surface area contributed by atoms with Crippen LogP contribution in [-0.2, 0) is 16.9 Å². The van der Waals surface area contributed by atoms with E-state index < -0.39 is 30.6 Å². The SMILES string of the molecule is Nc1ncnc2c1ncn2[C@]1(CCc2ccccc2)O[C@H](CO)[C@@H](O)[C@H]1O. The van der Waals surface area contributed by atoms with Crippen molar-refractivity contribution in [1.82, 2.24) is 19.5 Å². The van der Waals surface area contributed by atoms with Gasteiger partial charge in [0.2, 0.25) is 0 Å². The first-order valence-electron chi connectivity index (χ1n) is 8.69. The number of nitrogens with zero attached hydrogens (tertiary/aromatic N) is 4. The molecule has 27 heavy (non-hydrogen) atoms. The first kappa shape index (κ1) is 17.8. The summed E-state index contributed by atoms with van der Waals surface area (Å²) in [5.41, 5.74) is 6.35. The number of nitrogen functional groups attached to an aromatic ring is 1. The third-order valence-electron chi connectivity index (χ3n) is 5.09. The second kappa shape index (κ2) is 6.86. The van der Waals surface area contributed by atoms with Crippen molar-refractivity contribution in [2.45, 2.75) is 36.9 Å². The van der Waals surface area contributed by atoms with Crippen LogP contribution in [0.2, 0.25) is 0 Å². The number of ether oxygens (including phenoxy) is 1. The fourth-order valence-electron chi connectivity index (χ4n) is 3.64. The summed E-state index contributed by atoms with van der Waals surface area (Å²) in [6, 6.07) is 9.73. The van der Waals surface area contributed by atoms with Crippen LogP contribution in [0.5, 0.6) is 0 Å². The quantitative estimate of drug-likeness (QED) is 0.484. The number of fused-ring (bicyclic) bond motifs is 1. The average molecular weight is 371 g/mol. The predicted octanol–water partition coefficient (Wildman–Crippen LogP) is -0.193. The number of hydrogen-bond acceptors (Lipinski definition) is 8. The van der Waals surface area contributed by atoms with Crippen molar-refractivity contribution in [3.05, 3.63) is 48.5 Å². The van der Waals surface area contributed by atoms with E-state index in [0.717, 1.165) is 5.56 Å². The second-order valence-electron chi connectivity index (χ2n) is 6.65. The molecule has 4 atom stereocenters. The number of imidazole rings is 1. The van der Waals surface area contributed by atoms with Gasteiger partial charge in [0.15, 0.2) is 17.2 Å². The highest BCUT2D eigenvalue weighted by Crippen LogP contribution is 2.41. The lowest BCUT2D eigenvalue weighted by molar-refractivity contribution is -0.150. The van der Waals surface area contributed by atoms with Crippen LogP contribution in [-0.4, -0.2) is 59.8 Å². The van der Waals surface area contributed by atoms with Crippen molar-refractivity contribution in [2.75, 3.05) is 12.3 Å². The Balaban J connectivity index is 1.79. The number of aliphatic hydroxyl groups excluding tert-OH is 3. The molecular formula is C18H21N5O4. The number of rotatable bonds is 5. The smallest absolute Gasteiger partial charge is 0.176 e. The molecule has 5 N–H and O–H groups in total. The molecule has 0 spiro atoms. The van der Waals surface area contributed by atoms with Crippen LogP contribution >= 0.6 is 0 Å². The summed E-state index contributed by atoms with van der Waals surface area (Å²) in [6.45, 7) is -0.422. The van der Waals surface area contributed by atoms with E-state index in [1.165, 1.54) is 12.7 Å². The van der Waals surface area contributed by atoms with E-state index in [2.05, 4.69) is 15.0 Å². The van der Waals surface area contributed by atoms with Crippen LogP contribution in [0.25, 0.3) is 11.2 Å². The minimum absolute atomic E-state index is 0.212. The lowest BCUT2D eigenvalue weighted by Gasteiger charge is -2.34. The van der Waals surface area contributed by atoms with Crippen molar-refractivity contribution in [3.8, 4) is 0 Å². The minimum Gasteiger partial charge on any atom is -0.394 e. The van der Waals surface area contributed by atoms with Gasteiger partial charge in [-0.1, -0.05) is 30.3 Å². The Bertz CT molecular complexity index is 934. The van der Waals surface area contributed by atoms with Crippen LogP contribution in [0.1, 0.15) is 12.0 Å². The van der Waals surface area contributed by atoms with Crippen LogP contribution in [0.15, 0.2) is 43.0 Å². The Hall–Kier alpha value is -2.59. The van der Waals surface area contributed by atoms with Gasteiger partial charge < -0.3 is 25.8 Å². The van der Waals surface area contributed by atoms with Gasteiger partial charge in [0.05, 0.1) is 12.9 Å². The Morgan fingerprint density at radius 1 is 1.15 bits per heavy atom. The summed E-state index contributed by atoms with van der Waals surface area (Å²) in [7, 11) is 0. The molecule has 0 aliphatic carbocycles. The van der Waals surface area contributed by atoms with Crippen LogP contribution in [0.4, 0.5) is 5.82 Å². The van der Waals surface area contributed by atoms with E-state index in [1.807, 2.05) is 30.3 Å². The van der Waals surface area contributed by atoms with Gasteiger partial charge >= 0.3 is 0 Å². The summed E-state index contributed by atoms with van der Waals surface area (Å²) in [5.74, 6) is 0.212. The molecule has 0 bridgehead atoms. The molecular weight excluding hydrogens is 350 g/mol. The molecule has 2 aromatic heterocycles. The van der Waals surface area contributed by atoms with Gasteiger partial charge in [0, 0.05) is 6.42 Å². The van der Waals surface area contributed by atoms with E-state index in [1.54, 1.807) is 4.57 Å². The van der Waals surface area contributed by atoms with Crippen LogP contribution < -0.4 is 5.73 Å². The van der Waals surface area contributed by atoms with Crippen molar-refractivity contribution in [2.24, 2.45) is 0 Å². The van der Waals surface area contributed by atoms with Gasteiger partial charge in [-0.05, 0) is 12.0 Å². The highest BCUT2D eigenvalue weighted by Gasteiger charge is 2.55. The zero-order valence-electron chi connectivity index (χ0n) is 14.5. The predicted molar refractivity (Wildman–Crippen MR) is 96.4 cm³/mol. The van der Waals surface area contributed by atoms with E-state index >= 15 is 0 Å². The molecule has 142 valence electrons. The van der Waals surface area contributed by atoms with Gasteiger partial charge in [-0.15, -0.1) is 0 Å². The van der Waals surface area contributed by atoms with E-state index in [4.69, 9.17) is 10.5 Å². The summed E-state index contributed by atoms with van der Waals surface area (Å²) < 4.78 is 7.58. The molecule has 0 radical (unpaired) electrons. The number of aromatic nitrogens is 4. The first-order chi connectivity index (χ1) is 13.1. The van der Waals surface area contributed by atoms with Gasteiger partial charge in [-0.25, -0.2) is 15.0 Å². The Morgan fingerprint density at radius 3 is 2.63 bits per heavy atom. The van der Waals surface area contributed by atoms with Crippen LogP contribution in [0, 0.1) is 0 Å². The third kappa shape index (κ3) is 2.85. The number of aryl methyl sites for hydroxylation is 1. The van der Waals surface area contributed by atoms with Crippen molar-refractivity contribution in [3.63, 3.8) is 0 Å². The van der Waals surface area contributed by atoms with Crippen molar-refractivity contribution in [1.29, 1.82) is 0 Å². The molecule has 4 rings (SSSR count). The number of anilines is 1. The molecule has 1 aliphatic rings. The fraction of sp³-hybridized carbons (Fsp3) is 0.389. The zero-order valence-corrected chi connectivity index (χ0v) is 14.5. The number of aliphatic hydroxyl groups is 3. The standard InChI is InChI=1S/C18H21N5O4/c19-16-13-17(21-9-20-16)23(10-22-13)18(7-6-11-4-2-1-3-5-11)15(26)14(25)12(8-24)27-18/h1-5,9-10,12,14-15,24-26H,6-8H2,(H2,19,20,21)/t12-,14-,15-,18-/m1/s1. The highest BCUT2D eigenvalue weighted by atomic mass is 16.6. The zero-order chi connectivity index (χ0) is 19.0. The van der Waals surface area contributed by atoms with Crippen molar-refractivity contribution >= 4 is 17.0 Å². The number of nitrogens with two attached hydrogens (primary N) is 1. The summed E-state index contributed by atoms with van der Waals surface area (Å²) in [4.78, 5) is 12.4. The molecule has 3 aromatic rings. The Kier molecular flexibility index (Phi) is 4.52. The Morgan fingerprint density at radius 2 is 1.93 bits per heavy atom. The van der Waals surface area contributed by atoms with Gasteiger partial charge in [-0.3, -0.25) is 4.57 Å². The molecule has 0 amide bonds. The topological polar surface area (TPSA) is 140 Å². The maximum atomic E-state index is 10.9. The third-order valence-corrected chi connectivity index (χ3v) is 5.09. The van der Waals surface area contributed by atoms with Gasteiger partial charge in [0.1, 0.15) is 30.2 Å². The van der Waals surface area contributed by atoms with E-state index in [9.17, 15) is 15.3 Å². The van der Waals surface area contributed by atoms with Crippen LogP contribution in [0.3, 0.4) is 0 Å². The molecule has 0 unspecified atom stereocenters. The molecule has 3 heterocycles. The maximum Gasteiger partial charge on any atom is 0.176 e. The largest absolute Gasteiger partial charge is 0.394 e. The molecule has 1 aliphatic heterocycles. The second-order valence-corrected chi connectivity index (χ2v) is 6.65. The first-order valence-corrected chi connectivity index (χ1v) is 8.69. The summed E-state index contributed by atoms with van der Waals surface area (Å²) in [6.07, 6.45) is 0.226. The van der Waals surface area contributed by atoms with Gasteiger partial charge in [-0.2, -0.15) is 0 Å². The Labute approximate surface area is 155 Å². The molecule has 1 saturated heterocycles. The monoisotopic (exact) mass is 371 g/mol. The maximum absolute atomic E-state index is 10.9. The van der Waals surface area contributed by atoms with E-state index in [-0.39, 0.29) is 5.82 Å². The average Bonchev–Trinajstić information content (AvgIpc) is 3.23. The molecule has 1 fully saturated rings. The normalized spacial score (nSPS) is 28.0. The highest BCUT2D eigenvalue weighted by molar-refractivity contribution is 5.81. The minimum atomic E-state index is -1.35. The fourth-order valence-corrected chi connectivity index (χ4v) is 3.64. The lowest BCUT2D eigenvalue weighted by Crippen LogP contribution is -2.46. The molecule has 1 aromatic carbocycles. The molecule has 9 nitrogen and oxygen atoms in total. The van der Waals surface area contributed by atoms with Gasteiger partial charge in [0.25, 0.3) is 0 Å². The summed E-state index contributed by atoms with van der Waals surface area (Å²) in [5, 5.41) is 30.8. The number of benzene rings is 1. The van der Waals surface area contributed by atoms with Crippen molar-refractivity contribution < 1.29 is 20.1 Å². The molecule has 0 saturated carbocycles. The lowest BCUT2D eigenvalue weighted by atomic mass is 9.95. The number of hydrogen-bond donors (Lipinski definition) is 4. The van der Waals surface area contributed by atoms with E-state index in [0.29, 0.717) is 24.0 Å². The molecule has 9 heteroatoms.